The zero-order chi connectivity index (χ0) is 15.7. The van der Waals surface area contributed by atoms with Crippen LogP contribution in [0.25, 0.3) is 17.1 Å². The highest BCUT2D eigenvalue weighted by Gasteiger charge is 2.16. The van der Waals surface area contributed by atoms with Crippen molar-refractivity contribution in [1.29, 1.82) is 0 Å². The number of benzene rings is 1. The molecule has 0 saturated carbocycles. The van der Waals surface area contributed by atoms with E-state index in [1.54, 1.807) is 10.7 Å². The quantitative estimate of drug-likeness (QED) is 0.805. The van der Waals surface area contributed by atoms with Crippen LogP contribution < -0.4 is 5.56 Å². The third-order valence-corrected chi connectivity index (χ3v) is 3.31. The summed E-state index contributed by atoms with van der Waals surface area (Å²) >= 11 is 0. The van der Waals surface area contributed by atoms with E-state index in [1.165, 1.54) is 16.9 Å². The van der Waals surface area contributed by atoms with E-state index in [0.29, 0.717) is 11.4 Å². The van der Waals surface area contributed by atoms with Crippen LogP contribution in [0.2, 0.25) is 0 Å². The maximum atomic E-state index is 11.8. The minimum absolute atomic E-state index is 0.0188. The fourth-order valence-corrected chi connectivity index (χ4v) is 2.27. The van der Waals surface area contributed by atoms with E-state index in [2.05, 4.69) is 10.2 Å². The van der Waals surface area contributed by atoms with Crippen LogP contribution in [0.3, 0.4) is 0 Å². The Labute approximate surface area is 127 Å². The van der Waals surface area contributed by atoms with Gasteiger partial charge in [0.2, 0.25) is 0 Å². The first kappa shape index (κ1) is 14.1. The van der Waals surface area contributed by atoms with Crippen LogP contribution in [-0.4, -0.2) is 24.7 Å². The summed E-state index contributed by atoms with van der Waals surface area (Å²) < 4.78 is 2.99. The van der Waals surface area contributed by atoms with Crippen molar-refractivity contribution in [3.63, 3.8) is 0 Å². The smallest absolute Gasteiger partial charge is 0.267 e. The number of aromatic nitrogens is 4. The van der Waals surface area contributed by atoms with E-state index >= 15 is 0 Å². The second-order valence-corrected chi connectivity index (χ2v) is 5.22. The first-order valence-electron chi connectivity index (χ1n) is 7.00. The van der Waals surface area contributed by atoms with E-state index in [0.717, 1.165) is 5.69 Å². The Balaban J connectivity index is 2.20. The number of para-hydroxylation sites is 1. The zero-order valence-corrected chi connectivity index (χ0v) is 12.3. The van der Waals surface area contributed by atoms with Crippen molar-refractivity contribution in [2.75, 3.05) is 0 Å². The molecule has 0 aliphatic rings. The number of hydrogen-bond donors (Lipinski definition) is 1. The molecule has 2 aromatic heterocycles. The van der Waals surface area contributed by atoms with Crippen molar-refractivity contribution < 1.29 is 5.11 Å². The van der Waals surface area contributed by atoms with Gasteiger partial charge >= 0.3 is 0 Å². The maximum Gasteiger partial charge on any atom is 0.267 e. The molecule has 0 atom stereocenters. The SMILES string of the molecule is CC(C)n1nc(-c2c(O)cnn2-c2ccccc2)ccc1=O. The summed E-state index contributed by atoms with van der Waals surface area (Å²) in [6.07, 6.45) is 1.37. The standard InChI is InChI=1S/C16H16N4O2/c1-11(2)19-15(22)9-8-13(18-19)16-14(21)10-17-20(16)12-6-4-3-5-7-12/h3-11,21H,1-2H3. The summed E-state index contributed by atoms with van der Waals surface area (Å²) in [7, 11) is 0. The molecule has 0 bridgehead atoms. The predicted molar refractivity (Wildman–Crippen MR) is 83.1 cm³/mol. The molecule has 22 heavy (non-hydrogen) atoms. The molecule has 3 aromatic rings. The van der Waals surface area contributed by atoms with Gasteiger partial charge in [0, 0.05) is 6.07 Å². The first-order valence-corrected chi connectivity index (χ1v) is 7.00. The molecule has 0 amide bonds. The molecule has 2 heterocycles. The Morgan fingerprint density at radius 1 is 1.09 bits per heavy atom. The molecule has 0 radical (unpaired) electrons. The lowest BCUT2D eigenvalue weighted by Crippen LogP contribution is -2.24. The summed E-state index contributed by atoms with van der Waals surface area (Å²) in [5.41, 5.74) is 1.58. The number of hydrogen-bond acceptors (Lipinski definition) is 4. The third-order valence-electron chi connectivity index (χ3n) is 3.31. The van der Waals surface area contributed by atoms with E-state index in [4.69, 9.17) is 0 Å². The molecule has 1 N–H and O–H groups in total. The topological polar surface area (TPSA) is 72.9 Å². The van der Waals surface area contributed by atoms with Gasteiger partial charge in [0.1, 0.15) is 11.4 Å². The number of rotatable bonds is 3. The molecule has 1 aromatic carbocycles. The van der Waals surface area contributed by atoms with Crippen LogP contribution in [0.5, 0.6) is 5.75 Å². The highest BCUT2D eigenvalue weighted by molar-refractivity contribution is 5.64. The average Bonchev–Trinajstić information content (AvgIpc) is 2.90. The van der Waals surface area contributed by atoms with Crippen molar-refractivity contribution in [3.05, 3.63) is 59.0 Å². The van der Waals surface area contributed by atoms with Gasteiger partial charge in [0.15, 0.2) is 5.75 Å². The Hall–Kier alpha value is -2.89. The molecule has 0 spiro atoms. The lowest BCUT2D eigenvalue weighted by molar-refractivity contribution is 0.474. The molecule has 112 valence electrons. The van der Waals surface area contributed by atoms with Gasteiger partial charge in [-0.15, -0.1) is 0 Å². The van der Waals surface area contributed by atoms with Crippen molar-refractivity contribution in [1.82, 2.24) is 19.6 Å². The monoisotopic (exact) mass is 296 g/mol. The van der Waals surface area contributed by atoms with Crippen molar-refractivity contribution in [2.24, 2.45) is 0 Å². The van der Waals surface area contributed by atoms with Crippen molar-refractivity contribution in [3.8, 4) is 22.8 Å². The minimum atomic E-state index is -0.177. The fraction of sp³-hybridized carbons (Fsp3) is 0.188. The Morgan fingerprint density at radius 3 is 2.50 bits per heavy atom. The van der Waals surface area contributed by atoms with E-state index < -0.39 is 0 Å². The highest BCUT2D eigenvalue weighted by Crippen LogP contribution is 2.29. The molecular formula is C16H16N4O2. The first-order chi connectivity index (χ1) is 10.6. The van der Waals surface area contributed by atoms with Gasteiger partial charge in [-0.2, -0.15) is 10.2 Å². The van der Waals surface area contributed by atoms with E-state index in [-0.39, 0.29) is 17.4 Å². The molecule has 0 saturated heterocycles. The van der Waals surface area contributed by atoms with Crippen LogP contribution in [0, 0.1) is 0 Å². The number of nitrogens with zero attached hydrogens (tertiary/aromatic N) is 4. The van der Waals surface area contributed by atoms with Gasteiger partial charge in [-0.1, -0.05) is 18.2 Å². The zero-order valence-electron chi connectivity index (χ0n) is 12.3. The van der Waals surface area contributed by atoms with Crippen molar-refractivity contribution in [2.45, 2.75) is 19.9 Å². The Morgan fingerprint density at radius 2 is 1.82 bits per heavy atom. The maximum absolute atomic E-state index is 11.8. The molecule has 6 nitrogen and oxygen atoms in total. The predicted octanol–water partition coefficient (Wildman–Crippen LogP) is 2.38. The molecule has 6 heteroatoms. The van der Waals surface area contributed by atoms with Crippen molar-refractivity contribution >= 4 is 0 Å². The summed E-state index contributed by atoms with van der Waals surface area (Å²) in [5, 5.41) is 18.7. The van der Waals surface area contributed by atoms with Gasteiger partial charge in [0.25, 0.3) is 5.56 Å². The summed E-state index contributed by atoms with van der Waals surface area (Å²) in [6, 6.07) is 12.4. The lowest BCUT2D eigenvalue weighted by atomic mass is 10.2. The minimum Gasteiger partial charge on any atom is -0.504 e. The summed E-state index contributed by atoms with van der Waals surface area (Å²) in [6.45, 7) is 3.76. The Kier molecular flexibility index (Phi) is 3.50. The average molecular weight is 296 g/mol. The number of aromatic hydroxyl groups is 1. The normalized spacial score (nSPS) is 11.0. The van der Waals surface area contributed by atoms with Gasteiger partial charge in [0.05, 0.1) is 17.9 Å². The van der Waals surface area contributed by atoms with Crippen LogP contribution in [0.15, 0.2) is 53.5 Å². The van der Waals surface area contributed by atoms with Crippen LogP contribution in [-0.2, 0) is 0 Å². The molecular weight excluding hydrogens is 280 g/mol. The fourth-order valence-electron chi connectivity index (χ4n) is 2.27. The van der Waals surface area contributed by atoms with Gasteiger partial charge < -0.3 is 5.11 Å². The second-order valence-electron chi connectivity index (χ2n) is 5.22. The summed E-state index contributed by atoms with van der Waals surface area (Å²) in [4.78, 5) is 11.8. The summed E-state index contributed by atoms with van der Waals surface area (Å²) in [5.74, 6) is 0.0188. The second kappa shape index (κ2) is 5.48. The van der Waals surface area contributed by atoms with Gasteiger partial charge in [-0.05, 0) is 32.0 Å². The van der Waals surface area contributed by atoms with Crippen LogP contribution >= 0.6 is 0 Å². The van der Waals surface area contributed by atoms with E-state index in [9.17, 15) is 9.90 Å². The van der Waals surface area contributed by atoms with E-state index in [1.807, 2.05) is 44.2 Å². The van der Waals surface area contributed by atoms with Crippen LogP contribution in [0.1, 0.15) is 19.9 Å². The molecule has 0 fully saturated rings. The highest BCUT2D eigenvalue weighted by atomic mass is 16.3. The molecule has 0 aliphatic carbocycles. The Bertz CT molecular complexity index is 850. The largest absolute Gasteiger partial charge is 0.504 e. The van der Waals surface area contributed by atoms with Gasteiger partial charge in [-0.25, -0.2) is 9.36 Å². The lowest BCUT2D eigenvalue weighted by Gasteiger charge is -2.11. The molecule has 0 unspecified atom stereocenters. The van der Waals surface area contributed by atoms with Gasteiger partial charge in [-0.3, -0.25) is 4.79 Å². The molecule has 0 aliphatic heterocycles. The molecule has 3 rings (SSSR count). The van der Waals surface area contributed by atoms with Crippen LogP contribution in [0.4, 0.5) is 0 Å². The third kappa shape index (κ3) is 2.39.